The molecule has 0 saturated carbocycles. The molecular weight excluding hydrogens is 394 g/mol. The van der Waals surface area contributed by atoms with E-state index >= 15 is 0 Å². The van der Waals surface area contributed by atoms with E-state index in [1.165, 1.54) is 5.56 Å². The molecule has 2 aliphatic rings. The highest BCUT2D eigenvalue weighted by molar-refractivity contribution is 5.76. The first kappa shape index (κ1) is 21.6. The maximum Gasteiger partial charge on any atom is 0.224 e. The van der Waals surface area contributed by atoms with E-state index in [-0.39, 0.29) is 5.91 Å². The molecule has 31 heavy (non-hydrogen) atoms. The summed E-state index contributed by atoms with van der Waals surface area (Å²) in [4.78, 5) is 19.3. The first-order chi connectivity index (χ1) is 15.3. The minimum Gasteiger partial charge on any atom is -0.379 e. The Kier molecular flexibility index (Phi) is 7.76. The number of piperazine rings is 1. The topological polar surface area (TPSA) is 79.6 Å². The summed E-state index contributed by atoms with van der Waals surface area (Å²) in [5.74, 6) is 0.983. The Hall–Kier alpha value is -2.62. The van der Waals surface area contributed by atoms with E-state index in [2.05, 4.69) is 49.6 Å². The molecule has 2 fully saturated rings. The van der Waals surface area contributed by atoms with Gasteiger partial charge in [-0.25, -0.2) is 4.68 Å². The van der Waals surface area contributed by atoms with Gasteiger partial charge in [0.05, 0.1) is 26.3 Å². The molecule has 9 nitrogen and oxygen atoms in total. The van der Waals surface area contributed by atoms with Gasteiger partial charge in [-0.3, -0.25) is 14.6 Å². The average Bonchev–Trinajstić information content (AvgIpc) is 3.26. The van der Waals surface area contributed by atoms with Crippen molar-refractivity contribution >= 4 is 12.0 Å². The van der Waals surface area contributed by atoms with Gasteiger partial charge in [-0.05, 0) is 16.0 Å². The van der Waals surface area contributed by atoms with Gasteiger partial charge in [0.1, 0.15) is 0 Å². The van der Waals surface area contributed by atoms with Gasteiger partial charge >= 0.3 is 0 Å². The lowest BCUT2D eigenvalue weighted by Crippen LogP contribution is -2.48. The second-order valence-electron chi connectivity index (χ2n) is 7.95. The van der Waals surface area contributed by atoms with E-state index < -0.39 is 0 Å². The Morgan fingerprint density at radius 3 is 2.55 bits per heavy atom. The quantitative estimate of drug-likeness (QED) is 0.618. The van der Waals surface area contributed by atoms with Crippen LogP contribution >= 0.6 is 0 Å². The van der Waals surface area contributed by atoms with E-state index in [1.54, 1.807) is 4.68 Å². The van der Waals surface area contributed by atoms with Crippen molar-refractivity contribution in [3.63, 3.8) is 0 Å². The Bertz CT molecular complexity index is 841. The summed E-state index contributed by atoms with van der Waals surface area (Å²) in [6.07, 6.45) is 4.77. The van der Waals surface area contributed by atoms with Crippen LogP contribution in [0.2, 0.25) is 0 Å². The third-order valence-electron chi connectivity index (χ3n) is 5.81. The second kappa shape index (κ2) is 11.1. The monoisotopic (exact) mass is 425 g/mol. The van der Waals surface area contributed by atoms with E-state index in [1.807, 2.05) is 23.1 Å². The summed E-state index contributed by atoms with van der Waals surface area (Å²) in [5.41, 5.74) is 1.21. The highest BCUT2D eigenvalue weighted by atomic mass is 16.5. The van der Waals surface area contributed by atoms with Crippen LogP contribution in [0.15, 0.2) is 36.4 Å². The van der Waals surface area contributed by atoms with Crippen molar-refractivity contribution in [3.8, 4) is 0 Å². The fourth-order valence-electron chi connectivity index (χ4n) is 3.91. The molecule has 2 aliphatic heterocycles. The molecule has 3 heterocycles. The number of benzene rings is 1. The molecule has 0 radical (unpaired) electrons. The number of aryl methyl sites for hydroxylation is 1. The fraction of sp³-hybridized carbons (Fsp3) is 0.545. The summed E-state index contributed by atoms with van der Waals surface area (Å²) in [6, 6.07) is 10.3. The maximum atomic E-state index is 12.7. The van der Waals surface area contributed by atoms with Crippen molar-refractivity contribution in [3.05, 3.63) is 47.8 Å². The summed E-state index contributed by atoms with van der Waals surface area (Å²) in [6.45, 7) is 8.73. The van der Waals surface area contributed by atoms with E-state index in [4.69, 9.17) is 4.74 Å². The third kappa shape index (κ3) is 6.43. The van der Waals surface area contributed by atoms with Crippen LogP contribution in [0, 0.1) is 0 Å². The third-order valence-corrected chi connectivity index (χ3v) is 5.81. The molecule has 0 bridgehead atoms. The van der Waals surface area contributed by atoms with Crippen molar-refractivity contribution in [2.24, 2.45) is 0 Å². The number of carbonyl (C=O) groups is 1. The molecule has 1 amide bonds. The van der Waals surface area contributed by atoms with Crippen molar-refractivity contribution < 1.29 is 9.53 Å². The number of hydrogen-bond acceptors (Lipinski definition) is 7. The molecule has 2 aromatic rings. The van der Waals surface area contributed by atoms with Crippen LogP contribution in [-0.4, -0.2) is 99.8 Å². The zero-order valence-corrected chi connectivity index (χ0v) is 18.0. The van der Waals surface area contributed by atoms with Crippen LogP contribution in [0.5, 0.6) is 0 Å². The zero-order chi connectivity index (χ0) is 21.3. The molecule has 166 valence electrons. The van der Waals surface area contributed by atoms with Crippen molar-refractivity contribution in [1.82, 2.24) is 34.9 Å². The summed E-state index contributed by atoms with van der Waals surface area (Å²) >= 11 is 0. The number of nitrogens with zero attached hydrogens (tertiary/aromatic N) is 7. The van der Waals surface area contributed by atoms with Crippen LogP contribution in [0.25, 0.3) is 6.08 Å². The largest absolute Gasteiger partial charge is 0.379 e. The zero-order valence-electron chi connectivity index (χ0n) is 18.0. The molecular formula is C22H31N7O2. The number of carbonyl (C=O) groups excluding carboxylic acids is 1. The van der Waals surface area contributed by atoms with E-state index in [0.717, 1.165) is 64.9 Å². The first-order valence-corrected chi connectivity index (χ1v) is 11.0. The van der Waals surface area contributed by atoms with Crippen LogP contribution in [0.3, 0.4) is 0 Å². The average molecular weight is 426 g/mol. The number of amides is 1. The number of ether oxygens (including phenoxy) is 1. The van der Waals surface area contributed by atoms with Crippen LogP contribution in [0.1, 0.15) is 17.8 Å². The Labute approximate surface area is 183 Å². The molecule has 0 aliphatic carbocycles. The SMILES string of the molecule is O=C(CCn1nnnc1CN1CCOCC1)N1CCN(CC=Cc2ccccc2)CC1. The minimum atomic E-state index is 0.173. The van der Waals surface area contributed by atoms with Gasteiger partial charge in [-0.1, -0.05) is 42.5 Å². The number of morpholine rings is 1. The molecule has 1 aromatic heterocycles. The van der Waals surface area contributed by atoms with E-state index in [9.17, 15) is 4.79 Å². The molecule has 9 heteroatoms. The molecule has 4 rings (SSSR count). The molecule has 0 atom stereocenters. The predicted molar refractivity (Wildman–Crippen MR) is 117 cm³/mol. The van der Waals surface area contributed by atoms with Crippen LogP contribution < -0.4 is 0 Å². The lowest BCUT2D eigenvalue weighted by atomic mass is 10.2. The number of hydrogen-bond donors (Lipinski definition) is 0. The normalized spacial score (nSPS) is 18.6. The smallest absolute Gasteiger partial charge is 0.224 e. The Morgan fingerprint density at radius 2 is 1.77 bits per heavy atom. The molecule has 0 N–H and O–H groups in total. The van der Waals surface area contributed by atoms with Gasteiger partial charge in [-0.2, -0.15) is 0 Å². The lowest BCUT2D eigenvalue weighted by molar-refractivity contribution is -0.133. The van der Waals surface area contributed by atoms with Crippen LogP contribution in [-0.2, 0) is 22.6 Å². The van der Waals surface area contributed by atoms with Gasteiger partial charge in [0.25, 0.3) is 0 Å². The Balaban J connectivity index is 1.18. The number of aromatic nitrogens is 4. The fourth-order valence-corrected chi connectivity index (χ4v) is 3.91. The highest BCUT2D eigenvalue weighted by Gasteiger charge is 2.21. The number of rotatable bonds is 8. The second-order valence-corrected chi connectivity index (χ2v) is 7.95. The maximum absolute atomic E-state index is 12.7. The van der Waals surface area contributed by atoms with Crippen LogP contribution in [0.4, 0.5) is 0 Å². The molecule has 1 aromatic carbocycles. The Morgan fingerprint density at radius 1 is 1.00 bits per heavy atom. The molecule has 0 spiro atoms. The van der Waals surface area contributed by atoms with Crippen molar-refractivity contribution in [2.45, 2.75) is 19.5 Å². The van der Waals surface area contributed by atoms with Gasteiger partial charge in [0.2, 0.25) is 5.91 Å². The van der Waals surface area contributed by atoms with Gasteiger partial charge < -0.3 is 9.64 Å². The summed E-state index contributed by atoms with van der Waals surface area (Å²) in [5, 5.41) is 12.0. The molecule has 2 saturated heterocycles. The van der Waals surface area contributed by atoms with Crippen molar-refractivity contribution in [1.29, 1.82) is 0 Å². The summed E-state index contributed by atoms with van der Waals surface area (Å²) in [7, 11) is 0. The van der Waals surface area contributed by atoms with Crippen molar-refractivity contribution in [2.75, 3.05) is 59.0 Å². The molecule has 0 unspecified atom stereocenters. The van der Waals surface area contributed by atoms with E-state index in [0.29, 0.717) is 19.5 Å². The lowest BCUT2D eigenvalue weighted by Gasteiger charge is -2.34. The number of tetrazole rings is 1. The summed E-state index contributed by atoms with van der Waals surface area (Å²) < 4.78 is 7.15. The van der Waals surface area contributed by atoms with Gasteiger partial charge in [0.15, 0.2) is 5.82 Å². The standard InChI is InChI=1S/C22H31N7O2/c30-22(8-10-29-21(23-24-25-29)19-27-15-17-31-18-16-27)28-13-11-26(12-14-28)9-4-7-20-5-2-1-3-6-20/h1-7H,8-19H2. The first-order valence-electron chi connectivity index (χ1n) is 11.0. The minimum absolute atomic E-state index is 0.173. The van der Waals surface area contributed by atoms with Gasteiger partial charge in [-0.15, -0.1) is 5.10 Å². The highest BCUT2D eigenvalue weighted by Crippen LogP contribution is 2.08. The predicted octanol–water partition coefficient (Wildman–Crippen LogP) is 0.753. The van der Waals surface area contributed by atoms with Gasteiger partial charge in [0, 0.05) is 52.2 Å².